The van der Waals surface area contributed by atoms with Crippen LogP contribution in [0.15, 0.2) is 18.2 Å². The minimum atomic E-state index is -4.38. The van der Waals surface area contributed by atoms with E-state index in [9.17, 15) is 13.2 Å². The molecule has 0 aromatic heterocycles. The van der Waals surface area contributed by atoms with Gasteiger partial charge in [-0.3, -0.25) is 0 Å². The summed E-state index contributed by atoms with van der Waals surface area (Å²) in [5.41, 5.74) is -0.520. The second kappa shape index (κ2) is 5.41. The molecule has 0 aliphatic rings. The molecule has 0 bridgehead atoms. The summed E-state index contributed by atoms with van der Waals surface area (Å²) in [7, 11) is 0. The summed E-state index contributed by atoms with van der Waals surface area (Å²) in [4.78, 5) is 0. The van der Waals surface area contributed by atoms with E-state index in [2.05, 4.69) is 5.32 Å². The van der Waals surface area contributed by atoms with Crippen LogP contribution >= 0.6 is 11.6 Å². The standard InChI is InChI=1S/C10H11ClF3NO/c11-8-3-2-7(10(12,13)14)6-9(8)15-4-1-5-16/h2-3,6,15-16H,1,4-5H2. The van der Waals surface area contributed by atoms with E-state index in [0.29, 0.717) is 13.0 Å². The van der Waals surface area contributed by atoms with Crippen LogP contribution in [0.3, 0.4) is 0 Å². The Bertz CT molecular complexity index is 354. The predicted molar refractivity (Wildman–Crippen MR) is 56.6 cm³/mol. The van der Waals surface area contributed by atoms with Crippen LogP contribution in [0.25, 0.3) is 0 Å². The molecule has 16 heavy (non-hydrogen) atoms. The Balaban J connectivity index is 2.83. The fraction of sp³-hybridized carbons (Fsp3) is 0.400. The Morgan fingerprint density at radius 3 is 2.56 bits per heavy atom. The first-order chi connectivity index (χ1) is 7.45. The fourth-order valence-electron chi connectivity index (χ4n) is 1.14. The zero-order valence-electron chi connectivity index (χ0n) is 8.31. The maximum Gasteiger partial charge on any atom is 0.416 e. The van der Waals surface area contributed by atoms with Crippen molar-refractivity contribution in [2.24, 2.45) is 0 Å². The number of aliphatic hydroxyl groups excluding tert-OH is 1. The number of hydrogen-bond donors (Lipinski definition) is 2. The summed E-state index contributed by atoms with van der Waals surface area (Å²) in [6, 6.07) is 3.09. The van der Waals surface area contributed by atoms with E-state index in [1.807, 2.05) is 0 Å². The molecule has 0 heterocycles. The summed E-state index contributed by atoms with van der Waals surface area (Å²) in [5.74, 6) is 0. The first kappa shape index (κ1) is 13.1. The third-order valence-electron chi connectivity index (χ3n) is 1.94. The molecule has 1 aromatic carbocycles. The molecule has 90 valence electrons. The largest absolute Gasteiger partial charge is 0.416 e. The number of alkyl halides is 3. The Kier molecular flexibility index (Phi) is 4.44. The van der Waals surface area contributed by atoms with E-state index in [-0.39, 0.29) is 17.3 Å². The molecule has 0 fully saturated rings. The molecule has 0 spiro atoms. The van der Waals surface area contributed by atoms with Gasteiger partial charge in [0.05, 0.1) is 16.3 Å². The van der Waals surface area contributed by atoms with Gasteiger partial charge in [-0.2, -0.15) is 13.2 Å². The molecule has 2 nitrogen and oxygen atoms in total. The lowest BCUT2D eigenvalue weighted by molar-refractivity contribution is -0.137. The SMILES string of the molecule is OCCCNc1cc(C(F)(F)F)ccc1Cl. The van der Waals surface area contributed by atoms with Crippen LogP contribution in [0.4, 0.5) is 18.9 Å². The van der Waals surface area contributed by atoms with Gasteiger partial charge < -0.3 is 10.4 Å². The van der Waals surface area contributed by atoms with Gasteiger partial charge >= 0.3 is 6.18 Å². The van der Waals surface area contributed by atoms with Crippen molar-refractivity contribution < 1.29 is 18.3 Å². The van der Waals surface area contributed by atoms with Crippen molar-refractivity contribution in [1.29, 1.82) is 0 Å². The van der Waals surface area contributed by atoms with Gasteiger partial charge in [0, 0.05) is 13.2 Å². The predicted octanol–water partition coefficient (Wildman–Crippen LogP) is 3.15. The maximum absolute atomic E-state index is 12.4. The minimum Gasteiger partial charge on any atom is -0.396 e. The number of benzene rings is 1. The number of halogens is 4. The zero-order chi connectivity index (χ0) is 12.2. The summed E-state index contributed by atoms with van der Waals surface area (Å²) in [6.07, 6.45) is -3.93. The van der Waals surface area contributed by atoms with E-state index in [1.165, 1.54) is 6.07 Å². The number of anilines is 1. The van der Waals surface area contributed by atoms with Gasteiger partial charge in [-0.05, 0) is 24.6 Å². The lowest BCUT2D eigenvalue weighted by Gasteiger charge is -2.11. The van der Waals surface area contributed by atoms with Crippen LogP contribution in [-0.2, 0) is 6.18 Å². The highest BCUT2D eigenvalue weighted by atomic mass is 35.5. The van der Waals surface area contributed by atoms with Crippen molar-refractivity contribution in [3.63, 3.8) is 0 Å². The van der Waals surface area contributed by atoms with Crippen LogP contribution in [0.5, 0.6) is 0 Å². The molecular weight excluding hydrogens is 243 g/mol. The number of rotatable bonds is 4. The Morgan fingerprint density at radius 1 is 1.31 bits per heavy atom. The highest BCUT2D eigenvalue weighted by Gasteiger charge is 2.30. The van der Waals surface area contributed by atoms with Crippen molar-refractivity contribution >= 4 is 17.3 Å². The quantitative estimate of drug-likeness (QED) is 0.808. The molecule has 1 rings (SSSR count). The summed E-state index contributed by atoms with van der Waals surface area (Å²) in [6.45, 7) is 0.348. The first-order valence-electron chi connectivity index (χ1n) is 4.66. The molecule has 0 aliphatic carbocycles. The monoisotopic (exact) mass is 253 g/mol. The normalized spacial score (nSPS) is 11.6. The maximum atomic E-state index is 12.4. The van der Waals surface area contributed by atoms with Gasteiger partial charge in [0.25, 0.3) is 0 Å². The van der Waals surface area contributed by atoms with Gasteiger partial charge in [0.1, 0.15) is 0 Å². The van der Waals surface area contributed by atoms with Gasteiger partial charge in [0.2, 0.25) is 0 Å². The number of nitrogens with one attached hydrogen (secondary N) is 1. The molecular formula is C10H11ClF3NO. The summed E-state index contributed by atoms with van der Waals surface area (Å²) in [5, 5.41) is 11.5. The highest BCUT2D eigenvalue weighted by molar-refractivity contribution is 6.33. The van der Waals surface area contributed by atoms with Gasteiger partial charge in [0.15, 0.2) is 0 Å². The summed E-state index contributed by atoms with van der Waals surface area (Å²) < 4.78 is 37.1. The van der Waals surface area contributed by atoms with E-state index in [1.54, 1.807) is 0 Å². The van der Waals surface area contributed by atoms with Crippen molar-refractivity contribution in [3.8, 4) is 0 Å². The van der Waals surface area contributed by atoms with Crippen LogP contribution in [-0.4, -0.2) is 18.3 Å². The van der Waals surface area contributed by atoms with Crippen molar-refractivity contribution in [2.75, 3.05) is 18.5 Å². The number of aliphatic hydroxyl groups is 1. The third-order valence-corrected chi connectivity index (χ3v) is 2.27. The molecule has 0 atom stereocenters. The lowest BCUT2D eigenvalue weighted by Crippen LogP contribution is -2.08. The fourth-order valence-corrected chi connectivity index (χ4v) is 1.32. The van der Waals surface area contributed by atoms with Gasteiger partial charge in [-0.25, -0.2) is 0 Å². The molecule has 1 aromatic rings. The van der Waals surface area contributed by atoms with Gasteiger partial charge in [-0.15, -0.1) is 0 Å². The van der Waals surface area contributed by atoms with Crippen LogP contribution in [0.1, 0.15) is 12.0 Å². The molecule has 0 radical (unpaired) electrons. The molecule has 0 amide bonds. The molecule has 6 heteroatoms. The van der Waals surface area contributed by atoms with E-state index in [0.717, 1.165) is 12.1 Å². The summed E-state index contributed by atoms with van der Waals surface area (Å²) >= 11 is 5.73. The molecule has 0 saturated carbocycles. The van der Waals surface area contributed by atoms with Crippen molar-refractivity contribution in [1.82, 2.24) is 0 Å². The molecule has 0 aliphatic heterocycles. The Morgan fingerprint density at radius 2 is 2.00 bits per heavy atom. The average Bonchev–Trinajstić information content (AvgIpc) is 2.19. The van der Waals surface area contributed by atoms with E-state index >= 15 is 0 Å². The Hall–Kier alpha value is -0.940. The molecule has 0 saturated heterocycles. The smallest absolute Gasteiger partial charge is 0.396 e. The van der Waals surface area contributed by atoms with E-state index in [4.69, 9.17) is 16.7 Å². The topological polar surface area (TPSA) is 32.3 Å². The second-order valence-electron chi connectivity index (χ2n) is 3.20. The lowest BCUT2D eigenvalue weighted by atomic mass is 10.2. The second-order valence-corrected chi connectivity index (χ2v) is 3.60. The van der Waals surface area contributed by atoms with Gasteiger partial charge in [-0.1, -0.05) is 11.6 Å². The zero-order valence-corrected chi connectivity index (χ0v) is 9.07. The molecule has 2 N–H and O–H groups in total. The average molecular weight is 254 g/mol. The Labute approximate surface area is 96.0 Å². The number of hydrogen-bond acceptors (Lipinski definition) is 2. The van der Waals surface area contributed by atoms with Crippen molar-refractivity contribution in [2.45, 2.75) is 12.6 Å². The molecule has 0 unspecified atom stereocenters. The third kappa shape index (κ3) is 3.57. The van der Waals surface area contributed by atoms with Crippen LogP contribution < -0.4 is 5.32 Å². The minimum absolute atomic E-state index is 0.0242. The van der Waals surface area contributed by atoms with E-state index < -0.39 is 11.7 Å². The first-order valence-corrected chi connectivity index (χ1v) is 5.04. The van der Waals surface area contributed by atoms with Crippen molar-refractivity contribution in [3.05, 3.63) is 28.8 Å². The van der Waals surface area contributed by atoms with Crippen LogP contribution in [0.2, 0.25) is 5.02 Å². The highest BCUT2D eigenvalue weighted by Crippen LogP contribution is 2.33. The van der Waals surface area contributed by atoms with Crippen LogP contribution in [0, 0.1) is 0 Å².